The Kier molecular flexibility index (Phi) is 5.02. The molecule has 0 unspecified atom stereocenters. The Morgan fingerprint density at radius 3 is 2.35 bits per heavy atom. The van der Waals surface area contributed by atoms with Crippen LogP contribution in [0.1, 0.15) is 58.3 Å². The summed E-state index contributed by atoms with van der Waals surface area (Å²) < 4.78 is 0. The number of aliphatic carboxylic acids is 1. The summed E-state index contributed by atoms with van der Waals surface area (Å²) in [5.41, 5.74) is -1.03. The summed E-state index contributed by atoms with van der Waals surface area (Å²) in [6, 6.07) is 0.580. The maximum Gasteiger partial charge on any atom is 0.329 e. The Labute approximate surface area is 120 Å². The van der Waals surface area contributed by atoms with Crippen molar-refractivity contribution in [1.82, 2.24) is 10.6 Å². The maximum atomic E-state index is 12.0. The first-order chi connectivity index (χ1) is 9.55. The van der Waals surface area contributed by atoms with Crippen molar-refractivity contribution >= 4 is 11.9 Å². The van der Waals surface area contributed by atoms with E-state index in [9.17, 15) is 14.7 Å². The van der Waals surface area contributed by atoms with E-state index in [1.165, 1.54) is 12.8 Å². The number of amides is 1. The molecule has 3 N–H and O–H groups in total. The first-order valence-corrected chi connectivity index (χ1v) is 7.83. The molecule has 0 aromatic rings. The monoisotopic (exact) mass is 282 g/mol. The van der Waals surface area contributed by atoms with Gasteiger partial charge in [0.15, 0.2) is 0 Å². The molecule has 1 amide bonds. The van der Waals surface area contributed by atoms with Gasteiger partial charge in [0.25, 0.3) is 0 Å². The first kappa shape index (κ1) is 15.3. The average molecular weight is 282 g/mol. The molecule has 2 aliphatic carbocycles. The van der Waals surface area contributed by atoms with Gasteiger partial charge in [0.05, 0.1) is 0 Å². The number of carbonyl (C=O) groups is 2. The molecule has 114 valence electrons. The molecule has 0 heterocycles. The Hall–Kier alpha value is -1.10. The summed E-state index contributed by atoms with van der Waals surface area (Å²) in [5, 5.41) is 15.6. The van der Waals surface area contributed by atoms with Gasteiger partial charge in [0.1, 0.15) is 5.54 Å². The van der Waals surface area contributed by atoms with E-state index in [4.69, 9.17) is 0 Å². The zero-order valence-corrected chi connectivity index (χ0v) is 12.3. The van der Waals surface area contributed by atoms with Crippen molar-refractivity contribution < 1.29 is 14.7 Å². The number of hydrogen-bond acceptors (Lipinski definition) is 3. The molecule has 0 bridgehead atoms. The van der Waals surface area contributed by atoms with E-state index in [0.717, 1.165) is 19.3 Å². The van der Waals surface area contributed by atoms with Gasteiger partial charge in [0.2, 0.25) is 5.91 Å². The van der Waals surface area contributed by atoms with Crippen molar-refractivity contribution in [1.29, 1.82) is 0 Å². The van der Waals surface area contributed by atoms with E-state index in [0.29, 0.717) is 37.8 Å². The molecule has 0 aromatic carbocycles. The standard InChI is InChI=1S/C15H26N2O3/c1-2-11-5-8-15(9-6-11,14(19)20)17-13(18)7-10-16-12-3-4-12/h11-12,16H,2-10H2,1H3,(H,17,18)(H,19,20). The Morgan fingerprint density at radius 2 is 1.85 bits per heavy atom. The molecule has 2 fully saturated rings. The summed E-state index contributed by atoms with van der Waals surface area (Å²) in [6.45, 7) is 2.78. The van der Waals surface area contributed by atoms with Crippen molar-refractivity contribution in [3.8, 4) is 0 Å². The molecule has 5 heteroatoms. The summed E-state index contributed by atoms with van der Waals surface area (Å²) in [5.74, 6) is -0.415. The lowest BCUT2D eigenvalue weighted by Gasteiger charge is -2.37. The molecule has 0 atom stereocenters. The van der Waals surface area contributed by atoms with Crippen LogP contribution in [0.3, 0.4) is 0 Å². The highest BCUT2D eigenvalue weighted by Crippen LogP contribution is 2.34. The van der Waals surface area contributed by atoms with Gasteiger partial charge in [-0.05, 0) is 44.4 Å². The van der Waals surface area contributed by atoms with Crippen LogP contribution in [0, 0.1) is 5.92 Å². The van der Waals surface area contributed by atoms with Gasteiger partial charge in [-0.2, -0.15) is 0 Å². The van der Waals surface area contributed by atoms with Crippen LogP contribution in [0.5, 0.6) is 0 Å². The van der Waals surface area contributed by atoms with Crippen LogP contribution in [0.15, 0.2) is 0 Å². The number of carbonyl (C=O) groups excluding carboxylic acids is 1. The number of rotatable bonds is 7. The van der Waals surface area contributed by atoms with Gasteiger partial charge in [-0.1, -0.05) is 13.3 Å². The van der Waals surface area contributed by atoms with Crippen LogP contribution < -0.4 is 10.6 Å². The van der Waals surface area contributed by atoms with Crippen molar-refractivity contribution in [2.45, 2.75) is 69.9 Å². The van der Waals surface area contributed by atoms with Gasteiger partial charge in [0, 0.05) is 19.0 Å². The highest BCUT2D eigenvalue weighted by Gasteiger charge is 2.42. The van der Waals surface area contributed by atoms with Gasteiger partial charge in [-0.15, -0.1) is 0 Å². The minimum absolute atomic E-state index is 0.143. The third-order valence-corrected chi connectivity index (χ3v) is 4.69. The van der Waals surface area contributed by atoms with Crippen LogP contribution in [0.4, 0.5) is 0 Å². The lowest BCUT2D eigenvalue weighted by atomic mass is 9.75. The fourth-order valence-corrected chi connectivity index (χ4v) is 2.98. The Balaban J connectivity index is 1.81. The summed E-state index contributed by atoms with van der Waals surface area (Å²) in [6.07, 6.45) is 6.74. The van der Waals surface area contributed by atoms with Crippen molar-refractivity contribution in [2.24, 2.45) is 5.92 Å². The molecule has 5 nitrogen and oxygen atoms in total. The first-order valence-electron chi connectivity index (χ1n) is 7.83. The van der Waals surface area contributed by atoms with Crippen LogP contribution >= 0.6 is 0 Å². The van der Waals surface area contributed by atoms with E-state index < -0.39 is 11.5 Å². The van der Waals surface area contributed by atoms with E-state index in [1.54, 1.807) is 0 Å². The smallest absolute Gasteiger partial charge is 0.329 e. The van der Waals surface area contributed by atoms with Gasteiger partial charge >= 0.3 is 5.97 Å². The van der Waals surface area contributed by atoms with Crippen molar-refractivity contribution in [3.05, 3.63) is 0 Å². The quantitative estimate of drug-likeness (QED) is 0.663. The Morgan fingerprint density at radius 1 is 1.20 bits per heavy atom. The third-order valence-electron chi connectivity index (χ3n) is 4.69. The lowest BCUT2D eigenvalue weighted by Crippen LogP contribution is -2.56. The zero-order chi connectivity index (χ0) is 14.6. The van der Waals surface area contributed by atoms with Crippen molar-refractivity contribution in [3.63, 3.8) is 0 Å². The third kappa shape index (κ3) is 3.95. The molecule has 2 saturated carbocycles. The average Bonchev–Trinajstić information content (AvgIpc) is 3.23. The topological polar surface area (TPSA) is 78.4 Å². The number of nitrogens with one attached hydrogen (secondary N) is 2. The summed E-state index contributed by atoms with van der Waals surface area (Å²) in [7, 11) is 0. The largest absolute Gasteiger partial charge is 0.480 e. The highest BCUT2D eigenvalue weighted by molar-refractivity contribution is 5.87. The Bertz CT molecular complexity index is 358. The SMILES string of the molecule is CCC1CCC(NC(=O)CCNC2CC2)(C(=O)O)CC1. The summed E-state index contributed by atoms with van der Waals surface area (Å²) in [4.78, 5) is 23.5. The second-order valence-corrected chi connectivity index (χ2v) is 6.27. The second kappa shape index (κ2) is 6.57. The molecule has 20 heavy (non-hydrogen) atoms. The molecule has 0 aliphatic heterocycles. The molecule has 0 saturated heterocycles. The molecule has 0 spiro atoms. The van der Waals surface area contributed by atoms with Gasteiger partial charge in [-0.3, -0.25) is 4.79 Å². The van der Waals surface area contributed by atoms with Crippen LogP contribution in [-0.2, 0) is 9.59 Å². The maximum absolute atomic E-state index is 12.0. The van der Waals surface area contributed by atoms with Crippen LogP contribution in [0.2, 0.25) is 0 Å². The second-order valence-electron chi connectivity index (χ2n) is 6.27. The fourth-order valence-electron chi connectivity index (χ4n) is 2.98. The number of hydrogen-bond donors (Lipinski definition) is 3. The van der Waals surface area contributed by atoms with Crippen LogP contribution in [-0.4, -0.2) is 35.1 Å². The number of carboxylic acid groups (broad SMARTS) is 1. The lowest BCUT2D eigenvalue weighted by molar-refractivity contribution is -0.149. The molecular weight excluding hydrogens is 256 g/mol. The molecule has 0 radical (unpaired) electrons. The molecular formula is C15H26N2O3. The predicted molar refractivity (Wildman–Crippen MR) is 76.4 cm³/mol. The normalized spacial score (nSPS) is 29.9. The van der Waals surface area contributed by atoms with E-state index in [2.05, 4.69) is 17.6 Å². The number of carboxylic acids is 1. The van der Waals surface area contributed by atoms with E-state index >= 15 is 0 Å². The van der Waals surface area contributed by atoms with Crippen molar-refractivity contribution in [2.75, 3.05) is 6.54 Å². The van der Waals surface area contributed by atoms with Crippen LogP contribution in [0.25, 0.3) is 0 Å². The highest BCUT2D eigenvalue weighted by atomic mass is 16.4. The molecule has 0 aromatic heterocycles. The molecule has 2 rings (SSSR count). The molecule has 2 aliphatic rings. The fraction of sp³-hybridized carbons (Fsp3) is 0.867. The summed E-state index contributed by atoms with van der Waals surface area (Å²) >= 11 is 0. The predicted octanol–water partition coefficient (Wildman–Crippen LogP) is 1.67. The van der Waals surface area contributed by atoms with Gasteiger partial charge in [-0.25, -0.2) is 4.79 Å². The van der Waals surface area contributed by atoms with E-state index in [-0.39, 0.29) is 5.91 Å². The minimum atomic E-state index is -1.03. The van der Waals surface area contributed by atoms with Gasteiger partial charge < -0.3 is 15.7 Å². The zero-order valence-electron chi connectivity index (χ0n) is 12.3. The van der Waals surface area contributed by atoms with E-state index in [1.807, 2.05) is 0 Å². The minimum Gasteiger partial charge on any atom is -0.480 e.